The van der Waals surface area contributed by atoms with Crippen LogP contribution in [0, 0.1) is 22.0 Å². The molecule has 0 bridgehead atoms. The van der Waals surface area contributed by atoms with E-state index in [4.69, 9.17) is 11.6 Å². The lowest BCUT2D eigenvalue weighted by Crippen LogP contribution is -2.54. The van der Waals surface area contributed by atoms with Crippen molar-refractivity contribution in [3.63, 3.8) is 0 Å². The molecule has 9 nitrogen and oxygen atoms in total. The zero-order chi connectivity index (χ0) is 22.4. The maximum absolute atomic E-state index is 13.8. The van der Waals surface area contributed by atoms with Gasteiger partial charge in [0.05, 0.1) is 33.2 Å². The van der Waals surface area contributed by atoms with E-state index in [1.807, 2.05) is 4.90 Å². The summed E-state index contributed by atoms with van der Waals surface area (Å²) in [5.74, 6) is -2.74. The summed E-state index contributed by atoms with van der Waals surface area (Å²) in [6.07, 6.45) is 1.52. The normalized spacial score (nSPS) is 30.6. The monoisotopic (exact) mass is 452 g/mol. The Hall–Kier alpha value is -3.30. The second-order valence-corrected chi connectivity index (χ2v) is 8.98. The molecule has 0 unspecified atom stereocenters. The smallest absolute Gasteiger partial charge is 0.269 e. The van der Waals surface area contributed by atoms with Gasteiger partial charge in [-0.05, 0) is 37.6 Å². The highest BCUT2D eigenvalue weighted by atomic mass is 35.5. The molecule has 1 N–H and O–H groups in total. The zero-order valence-corrected chi connectivity index (χ0v) is 17.4. The van der Waals surface area contributed by atoms with E-state index in [-0.39, 0.29) is 29.2 Å². The van der Waals surface area contributed by atoms with Gasteiger partial charge in [0.1, 0.15) is 5.54 Å². The lowest BCUT2D eigenvalue weighted by molar-refractivity contribution is -0.384. The lowest BCUT2D eigenvalue weighted by Gasteiger charge is -2.36. The van der Waals surface area contributed by atoms with Crippen molar-refractivity contribution in [3.05, 3.63) is 63.2 Å². The molecule has 4 atom stereocenters. The Morgan fingerprint density at radius 2 is 1.84 bits per heavy atom. The fourth-order valence-corrected chi connectivity index (χ4v) is 6.39. The molecule has 2 aromatic rings. The minimum Gasteiger partial charge on any atom is -0.323 e. The summed E-state index contributed by atoms with van der Waals surface area (Å²) in [5, 5.41) is 14.2. The van der Waals surface area contributed by atoms with Gasteiger partial charge in [-0.2, -0.15) is 0 Å². The molecule has 0 radical (unpaired) electrons. The van der Waals surface area contributed by atoms with Gasteiger partial charge in [-0.15, -0.1) is 0 Å². The Balaban J connectivity index is 1.52. The number of nitro groups is 1. The van der Waals surface area contributed by atoms with E-state index < -0.39 is 28.2 Å². The zero-order valence-electron chi connectivity index (χ0n) is 16.7. The first-order valence-corrected chi connectivity index (χ1v) is 10.7. The topological polar surface area (TPSA) is 113 Å². The average molecular weight is 453 g/mol. The lowest BCUT2D eigenvalue weighted by atomic mass is 9.75. The molecule has 1 spiro atoms. The standard InChI is InChI=1S/C22H17ClN4O5/c23-14-4-1-3-13-18(14)24-21(30)22(13)17-16(15-5-2-10-25(15)22)19(28)26(20(17)29)11-6-8-12(9-7-11)27(31)32/h1,3-4,6-9,15-17H,2,5,10H2,(H,24,30)/t15-,16-,17-,22-/m1/s1. The van der Waals surface area contributed by atoms with Crippen LogP contribution in [-0.2, 0) is 19.9 Å². The number of rotatable bonds is 2. The minimum atomic E-state index is -1.30. The number of anilines is 2. The number of non-ortho nitro benzene ring substituents is 1. The number of carbonyl (C=O) groups excluding carboxylic acids is 3. The van der Waals surface area contributed by atoms with Gasteiger partial charge >= 0.3 is 0 Å². The van der Waals surface area contributed by atoms with Crippen LogP contribution >= 0.6 is 11.6 Å². The molecule has 0 aromatic heterocycles. The summed E-state index contributed by atoms with van der Waals surface area (Å²) >= 11 is 6.36. The largest absolute Gasteiger partial charge is 0.323 e. The van der Waals surface area contributed by atoms with E-state index in [2.05, 4.69) is 5.32 Å². The maximum atomic E-state index is 13.8. The number of benzene rings is 2. The summed E-state index contributed by atoms with van der Waals surface area (Å²) in [5.41, 5.74) is -0.0517. The van der Waals surface area contributed by atoms with E-state index in [1.54, 1.807) is 18.2 Å². The van der Waals surface area contributed by atoms with Gasteiger partial charge in [-0.3, -0.25) is 29.4 Å². The summed E-state index contributed by atoms with van der Waals surface area (Å²) in [7, 11) is 0. The number of fused-ring (bicyclic) bond motifs is 7. The van der Waals surface area contributed by atoms with Crippen LogP contribution < -0.4 is 10.2 Å². The van der Waals surface area contributed by atoms with Gasteiger partial charge in [-0.1, -0.05) is 23.7 Å². The average Bonchev–Trinajstić information content (AvgIpc) is 3.47. The number of amides is 3. The number of nitrogens with one attached hydrogen (secondary N) is 1. The van der Waals surface area contributed by atoms with Gasteiger partial charge in [0.25, 0.3) is 11.6 Å². The van der Waals surface area contributed by atoms with Crippen LogP contribution in [0.15, 0.2) is 42.5 Å². The van der Waals surface area contributed by atoms with Gasteiger partial charge in [0, 0.05) is 23.7 Å². The van der Waals surface area contributed by atoms with Crippen molar-refractivity contribution in [3.8, 4) is 0 Å². The second-order valence-electron chi connectivity index (χ2n) is 8.57. The Morgan fingerprint density at radius 1 is 1.09 bits per heavy atom. The number of imide groups is 1. The quantitative estimate of drug-likeness (QED) is 0.426. The molecule has 4 aliphatic heterocycles. The van der Waals surface area contributed by atoms with E-state index in [0.29, 0.717) is 29.2 Å². The third-order valence-corrected chi connectivity index (χ3v) is 7.61. The third-order valence-electron chi connectivity index (χ3n) is 7.30. The fourth-order valence-electron chi connectivity index (χ4n) is 6.17. The van der Waals surface area contributed by atoms with Gasteiger partial charge < -0.3 is 5.32 Å². The number of hydrogen-bond acceptors (Lipinski definition) is 6. The van der Waals surface area contributed by atoms with Crippen molar-refractivity contribution in [1.82, 2.24) is 4.90 Å². The van der Waals surface area contributed by atoms with Gasteiger partial charge in [-0.25, -0.2) is 4.90 Å². The first kappa shape index (κ1) is 19.4. The van der Waals surface area contributed by atoms with Crippen molar-refractivity contribution >= 4 is 46.4 Å². The summed E-state index contributed by atoms with van der Waals surface area (Å²) < 4.78 is 0. The third kappa shape index (κ3) is 2.14. The second kappa shape index (κ2) is 6.36. The predicted octanol–water partition coefficient (Wildman–Crippen LogP) is 2.68. The highest BCUT2D eigenvalue weighted by Crippen LogP contribution is 2.61. The Bertz CT molecular complexity index is 1230. The number of nitrogens with zero attached hydrogens (tertiary/aromatic N) is 3. The number of halogens is 1. The van der Waals surface area contributed by atoms with Crippen LogP contribution in [0.25, 0.3) is 0 Å². The van der Waals surface area contributed by atoms with Crippen LogP contribution in [-0.4, -0.2) is 40.1 Å². The van der Waals surface area contributed by atoms with Crippen LogP contribution in [0.3, 0.4) is 0 Å². The van der Waals surface area contributed by atoms with Crippen molar-refractivity contribution in [2.45, 2.75) is 24.4 Å². The van der Waals surface area contributed by atoms with E-state index >= 15 is 0 Å². The van der Waals surface area contributed by atoms with Crippen LogP contribution in [0.2, 0.25) is 5.02 Å². The molecule has 0 aliphatic carbocycles. The van der Waals surface area contributed by atoms with Crippen molar-refractivity contribution in [2.75, 3.05) is 16.8 Å². The molecular weight excluding hydrogens is 436 g/mol. The predicted molar refractivity (Wildman–Crippen MR) is 114 cm³/mol. The highest BCUT2D eigenvalue weighted by molar-refractivity contribution is 6.35. The van der Waals surface area contributed by atoms with E-state index in [0.717, 1.165) is 11.3 Å². The number of carbonyl (C=O) groups is 3. The Morgan fingerprint density at radius 3 is 2.56 bits per heavy atom. The summed E-state index contributed by atoms with van der Waals surface area (Å²) in [6.45, 7) is 0.606. The molecule has 3 saturated heterocycles. The maximum Gasteiger partial charge on any atom is 0.269 e. The molecule has 6 rings (SSSR count). The molecule has 4 aliphatic rings. The molecule has 2 aromatic carbocycles. The number of nitro benzene ring substituents is 1. The minimum absolute atomic E-state index is 0.134. The fraction of sp³-hybridized carbons (Fsp3) is 0.318. The molecule has 3 amide bonds. The van der Waals surface area contributed by atoms with Crippen LogP contribution in [0.1, 0.15) is 18.4 Å². The van der Waals surface area contributed by atoms with Gasteiger partial charge in [0.2, 0.25) is 11.8 Å². The summed E-state index contributed by atoms with van der Waals surface area (Å²) in [4.78, 5) is 54.5. The SMILES string of the molecule is O=C1[C@@H]2[C@H]3CCCN3[C@@]3(C(=O)Nc4c(Cl)cccc43)[C@H]2C(=O)N1c1ccc([N+](=O)[O-])cc1. The van der Waals surface area contributed by atoms with Crippen molar-refractivity contribution in [1.29, 1.82) is 0 Å². The Kier molecular flexibility index (Phi) is 3.86. The molecule has 0 saturated carbocycles. The van der Waals surface area contributed by atoms with Gasteiger partial charge in [0.15, 0.2) is 0 Å². The molecule has 10 heteroatoms. The molecule has 162 valence electrons. The van der Waals surface area contributed by atoms with Crippen LogP contribution in [0.4, 0.5) is 17.1 Å². The molecule has 32 heavy (non-hydrogen) atoms. The first-order chi connectivity index (χ1) is 15.4. The van der Waals surface area contributed by atoms with Crippen molar-refractivity contribution in [2.24, 2.45) is 11.8 Å². The summed E-state index contributed by atoms with van der Waals surface area (Å²) in [6, 6.07) is 10.3. The van der Waals surface area contributed by atoms with Crippen molar-refractivity contribution < 1.29 is 19.3 Å². The first-order valence-electron chi connectivity index (χ1n) is 10.4. The Labute approximate surface area is 187 Å². The highest BCUT2D eigenvalue weighted by Gasteiger charge is 2.74. The van der Waals surface area contributed by atoms with E-state index in [1.165, 1.54) is 24.3 Å². The van der Waals surface area contributed by atoms with Crippen LogP contribution in [0.5, 0.6) is 0 Å². The number of para-hydroxylation sites is 1. The molecule has 4 heterocycles. The van der Waals surface area contributed by atoms with E-state index in [9.17, 15) is 24.5 Å². The molecule has 3 fully saturated rings. The number of hydrogen-bond donors (Lipinski definition) is 1. The molecular formula is C22H17ClN4O5.